The van der Waals surface area contributed by atoms with Crippen LogP contribution in [0.3, 0.4) is 0 Å². The van der Waals surface area contributed by atoms with Crippen molar-refractivity contribution in [2.45, 2.75) is 26.0 Å². The van der Waals surface area contributed by atoms with Gasteiger partial charge < -0.3 is 10.1 Å². The summed E-state index contributed by atoms with van der Waals surface area (Å²) in [7, 11) is 0. The Morgan fingerprint density at radius 2 is 2.00 bits per heavy atom. The molecular formula is C13H16ClNO3. The van der Waals surface area contributed by atoms with E-state index in [4.69, 9.17) is 16.3 Å². The van der Waals surface area contributed by atoms with E-state index in [0.717, 1.165) is 5.56 Å². The van der Waals surface area contributed by atoms with Crippen LogP contribution in [-0.4, -0.2) is 23.8 Å². The molecule has 0 aliphatic heterocycles. The van der Waals surface area contributed by atoms with Gasteiger partial charge in [-0.3, -0.25) is 4.79 Å². The lowest BCUT2D eigenvalue weighted by molar-refractivity contribution is -0.118. The van der Waals surface area contributed by atoms with E-state index in [9.17, 15) is 9.59 Å². The molecule has 18 heavy (non-hydrogen) atoms. The second-order valence-corrected chi connectivity index (χ2v) is 4.03. The number of rotatable bonds is 6. The summed E-state index contributed by atoms with van der Waals surface area (Å²) in [4.78, 5) is 22.8. The molecule has 0 aliphatic carbocycles. The van der Waals surface area contributed by atoms with Crippen LogP contribution in [0, 0.1) is 0 Å². The van der Waals surface area contributed by atoms with Crippen LogP contribution in [-0.2, 0) is 16.1 Å². The third-order valence-corrected chi connectivity index (χ3v) is 2.70. The fraction of sp³-hybridized carbons (Fsp3) is 0.385. The first-order valence-electron chi connectivity index (χ1n) is 5.73. The number of amides is 1. The number of hydrogen-bond acceptors (Lipinski definition) is 3. The largest absolute Gasteiger partial charge is 0.445 e. The molecule has 0 fully saturated rings. The Morgan fingerprint density at radius 1 is 1.33 bits per heavy atom. The number of ketones is 1. The maximum Gasteiger partial charge on any atom is 0.408 e. The molecule has 0 aromatic heterocycles. The van der Waals surface area contributed by atoms with Crippen molar-refractivity contribution in [2.24, 2.45) is 0 Å². The van der Waals surface area contributed by atoms with Gasteiger partial charge in [0.1, 0.15) is 6.61 Å². The van der Waals surface area contributed by atoms with Gasteiger partial charge in [-0.05, 0) is 12.0 Å². The zero-order valence-electron chi connectivity index (χ0n) is 10.2. The lowest BCUT2D eigenvalue weighted by Gasteiger charge is -2.14. The molecule has 98 valence electrons. The molecule has 1 unspecified atom stereocenters. The Kier molecular flexibility index (Phi) is 6.22. The molecule has 0 saturated heterocycles. The molecule has 1 amide bonds. The smallest absolute Gasteiger partial charge is 0.408 e. The van der Waals surface area contributed by atoms with E-state index >= 15 is 0 Å². The normalized spacial score (nSPS) is 11.7. The molecule has 1 atom stereocenters. The van der Waals surface area contributed by atoms with Gasteiger partial charge in [0, 0.05) is 0 Å². The average Bonchev–Trinajstić information content (AvgIpc) is 2.42. The SMILES string of the molecule is CCC(NC(=O)OCc1ccccc1)C(=O)CCl. The van der Waals surface area contributed by atoms with E-state index in [2.05, 4.69) is 5.32 Å². The lowest BCUT2D eigenvalue weighted by atomic mass is 10.1. The molecule has 1 aromatic carbocycles. The van der Waals surface area contributed by atoms with Crippen molar-refractivity contribution < 1.29 is 14.3 Å². The standard InChI is InChI=1S/C13H16ClNO3/c1-2-11(12(16)8-14)15-13(17)18-9-10-6-4-3-5-7-10/h3-7,11H,2,8-9H2,1H3,(H,15,17). The molecule has 1 N–H and O–H groups in total. The first-order valence-corrected chi connectivity index (χ1v) is 6.26. The van der Waals surface area contributed by atoms with Crippen LogP contribution in [0.15, 0.2) is 30.3 Å². The second kappa shape index (κ2) is 7.71. The zero-order chi connectivity index (χ0) is 13.4. The predicted octanol–water partition coefficient (Wildman–Crippen LogP) is 2.50. The number of alkyl carbamates (subject to hydrolysis) is 1. The van der Waals surface area contributed by atoms with Crippen molar-refractivity contribution in [1.82, 2.24) is 5.32 Å². The fourth-order valence-corrected chi connectivity index (χ4v) is 1.60. The van der Waals surface area contributed by atoms with Gasteiger partial charge >= 0.3 is 6.09 Å². The number of benzene rings is 1. The molecule has 0 aliphatic rings. The van der Waals surface area contributed by atoms with Gasteiger partial charge in [0.15, 0.2) is 5.78 Å². The Hall–Kier alpha value is -1.55. The van der Waals surface area contributed by atoms with Gasteiger partial charge in [-0.15, -0.1) is 11.6 Å². The summed E-state index contributed by atoms with van der Waals surface area (Å²) in [6, 6.07) is 8.75. The molecule has 1 rings (SSSR count). The first-order chi connectivity index (χ1) is 8.67. The summed E-state index contributed by atoms with van der Waals surface area (Å²) < 4.78 is 5.01. The van der Waals surface area contributed by atoms with Crippen molar-refractivity contribution in [2.75, 3.05) is 5.88 Å². The average molecular weight is 270 g/mol. The summed E-state index contributed by atoms with van der Waals surface area (Å²) in [5, 5.41) is 2.49. The number of ether oxygens (including phenoxy) is 1. The van der Waals surface area contributed by atoms with Gasteiger partial charge in [-0.2, -0.15) is 0 Å². The van der Waals surface area contributed by atoms with Crippen molar-refractivity contribution in [3.8, 4) is 0 Å². The molecule has 4 nitrogen and oxygen atoms in total. The minimum atomic E-state index is -0.607. The first kappa shape index (κ1) is 14.5. The van der Waals surface area contributed by atoms with Crippen LogP contribution in [0.4, 0.5) is 4.79 Å². The number of carbonyl (C=O) groups is 2. The molecular weight excluding hydrogens is 254 g/mol. The molecule has 0 spiro atoms. The monoisotopic (exact) mass is 269 g/mol. The van der Waals surface area contributed by atoms with E-state index in [-0.39, 0.29) is 18.3 Å². The highest BCUT2D eigenvalue weighted by atomic mass is 35.5. The fourth-order valence-electron chi connectivity index (χ4n) is 1.41. The highest BCUT2D eigenvalue weighted by Gasteiger charge is 2.18. The highest BCUT2D eigenvalue weighted by molar-refractivity contribution is 6.28. The summed E-state index contributed by atoms with van der Waals surface area (Å²) in [6.07, 6.45) is -0.115. The van der Waals surface area contributed by atoms with Gasteiger partial charge in [0.05, 0.1) is 11.9 Å². The van der Waals surface area contributed by atoms with Crippen molar-refractivity contribution in [3.05, 3.63) is 35.9 Å². The maximum atomic E-state index is 11.5. The van der Waals surface area contributed by atoms with Crippen LogP contribution in [0.25, 0.3) is 0 Å². The third kappa shape index (κ3) is 4.75. The van der Waals surface area contributed by atoms with E-state index in [1.807, 2.05) is 30.3 Å². The molecule has 0 bridgehead atoms. The predicted molar refractivity (Wildman–Crippen MR) is 69.6 cm³/mol. The Labute approximate surface area is 111 Å². The zero-order valence-corrected chi connectivity index (χ0v) is 10.9. The molecule has 1 aromatic rings. The molecule has 5 heteroatoms. The van der Waals surface area contributed by atoms with Gasteiger partial charge in [-0.1, -0.05) is 37.3 Å². The number of alkyl halides is 1. The van der Waals surface area contributed by atoms with E-state index in [1.54, 1.807) is 6.92 Å². The number of Topliss-reactive ketones (excluding diaryl/α,β-unsaturated/α-hetero) is 1. The van der Waals surface area contributed by atoms with Crippen molar-refractivity contribution >= 4 is 23.5 Å². The van der Waals surface area contributed by atoms with E-state index in [1.165, 1.54) is 0 Å². The van der Waals surface area contributed by atoms with Crippen LogP contribution in [0.5, 0.6) is 0 Å². The van der Waals surface area contributed by atoms with Crippen LogP contribution in [0.1, 0.15) is 18.9 Å². The van der Waals surface area contributed by atoms with Crippen LogP contribution < -0.4 is 5.32 Å². The minimum Gasteiger partial charge on any atom is -0.445 e. The van der Waals surface area contributed by atoms with Crippen molar-refractivity contribution in [1.29, 1.82) is 0 Å². The van der Waals surface area contributed by atoms with E-state index in [0.29, 0.717) is 6.42 Å². The van der Waals surface area contributed by atoms with Crippen molar-refractivity contribution in [3.63, 3.8) is 0 Å². The number of halogens is 1. The summed E-state index contributed by atoms with van der Waals surface area (Å²) in [6.45, 7) is 1.98. The molecule has 0 saturated carbocycles. The highest BCUT2D eigenvalue weighted by Crippen LogP contribution is 2.02. The molecule has 0 heterocycles. The van der Waals surface area contributed by atoms with Crippen LogP contribution >= 0.6 is 11.6 Å². The van der Waals surface area contributed by atoms with E-state index < -0.39 is 12.1 Å². The summed E-state index contributed by atoms with van der Waals surface area (Å²) in [5.41, 5.74) is 0.893. The van der Waals surface area contributed by atoms with Crippen LogP contribution in [0.2, 0.25) is 0 Å². The Bertz CT molecular complexity index is 394. The number of hydrogen-bond donors (Lipinski definition) is 1. The second-order valence-electron chi connectivity index (χ2n) is 3.77. The van der Waals surface area contributed by atoms with Gasteiger partial charge in [0.2, 0.25) is 0 Å². The Balaban J connectivity index is 2.39. The number of nitrogens with one attached hydrogen (secondary N) is 1. The molecule has 0 radical (unpaired) electrons. The maximum absolute atomic E-state index is 11.5. The summed E-state index contributed by atoms with van der Waals surface area (Å²) in [5.74, 6) is -0.326. The lowest BCUT2D eigenvalue weighted by Crippen LogP contribution is -2.41. The van der Waals surface area contributed by atoms with Gasteiger partial charge in [-0.25, -0.2) is 4.79 Å². The quantitative estimate of drug-likeness (QED) is 0.808. The Morgan fingerprint density at radius 3 is 2.56 bits per heavy atom. The number of carbonyl (C=O) groups excluding carboxylic acids is 2. The third-order valence-electron chi connectivity index (χ3n) is 2.43. The topological polar surface area (TPSA) is 55.4 Å². The van der Waals surface area contributed by atoms with Gasteiger partial charge in [0.25, 0.3) is 0 Å². The minimum absolute atomic E-state index is 0.114. The summed E-state index contributed by atoms with van der Waals surface area (Å²) >= 11 is 5.44.